The van der Waals surface area contributed by atoms with E-state index in [1.807, 2.05) is 0 Å². The Bertz CT molecular complexity index is 272. The van der Waals surface area contributed by atoms with Crippen LogP contribution in [0.4, 0.5) is 0 Å². The van der Waals surface area contributed by atoms with Crippen LogP contribution >= 0.6 is 0 Å². The van der Waals surface area contributed by atoms with Gasteiger partial charge in [-0.3, -0.25) is 4.79 Å². The van der Waals surface area contributed by atoms with E-state index in [4.69, 9.17) is 9.47 Å². The van der Waals surface area contributed by atoms with Gasteiger partial charge in [0.2, 0.25) is 0 Å². The lowest BCUT2D eigenvalue weighted by Crippen LogP contribution is -2.27. The number of hydrogen-bond donors (Lipinski definition) is 0. The van der Waals surface area contributed by atoms with Crippen molar-refractivity contribution in [1.82, 2.24) is 0 Å². The minimum atomic E-state index is -1.08. The molecule has 1 saturated heterocycles. The summed E-state index contributed by atoms with van der Waals surface area (Å²) in [6.45, 7) is 7.50. The number of ether oxygens (including phenoxy) is 2. The molecule has 0 N–H and O–H groups in total. The zero-order chi connectivity index (χ0) is 11.8. The molecule has 3 nitrogen and oxygen atoms in total. The summed E-state index contributed by atoms with van der Waals surface area (Å²) in [6.07, 6.45) is 3.70. The van der Waals surface area contributed by atoms with Gasteiger partial charge in [-0.05, 0) is 25.3 Å². The van der Waals surface area contributed by atoms with E-state index in [-0.39, 0.29) is 11.9 Å². The summed E-state index contributed by atoms with van der Waals surface area (Å²) in [4.78, 5) is 11.8. The van der Waals surface area contributed by atoms with Crippen LogP contribution in [0, 0.1) is 5.92 Å². The van der Waals surface area contributed by atoms with Gasteiger partial charge in [0, 0.05) is 8.07 Å². The molecule has 1 heterocycles. The summed E-state index contributed by atoms with van der Waals surface area (Å²) in [5.41, 5.74) is 0. The number of carbonyl (C=O) groups is 1. The van der Waals surface area contributed by atoms with Crippen LogP contribution in [0.2, 0.25) is 25.7 Å². The first-order chi connectivity index (χ1) is 7.46. The second-order valence-electron chi connectivity index (χ2n) is 6.20. The lowest BCUT2D eigenvalue weighted by molar-refractivity contribution is -0.148. The quantitative estimate of drug-likeness (QED) is 0.432. The van der Waals surface area contributed by atoms with Crippen molar-refractivity contribution in [1.29, 1.82) is 0 Å². The molecule has 0 aromatic carbocycles. The van der Waals surface area contributed by atoms with E-state index in [0.717, 1.165) is 25.3 Å². The molecule has 2 fully saturated rings. The minimum absolute atomic E-state index is 0.00667. The number of fused-ring (bicyclic) bond motifs is 1. The van der Waals surface area contributed by atoms with Gasteiger partial charge in [-0.2, -0.15) is 0 Å². The molecule has 0 spiro atoms. The van der Waals surface area contributed by atoms with E-state index in [1.165, 1.54) is 0 Å². The Kier molecular flexibility index (Phi) is 3.40. The fourth-order valence-electron chi connectivity index (χ4n) is 2.19. The van der Waals surface area contributed by atoms with Gasteiger partial charge in [-0.1, -0.05) is 19.6 Å². The third-order valence-electron chi connectivity index (χ3n) is 3.43. The van der Waals surface area contributed by atoms with Crippen molar-refractivity contribution in [3.8, 4) is 0 Å². The summed E-state index contributed by atoms with van der Waals surface area (Å²) >= 11 is 0. The van der Waals surface area contributed by atoms with Crippen molar-refractivity contribution in [2.75, 3.05) is 6.61 Å². The van der Waals surface area contributed by atoms with Gasteiger partial charge in [0.05, 0.1) is 24.7 Å². The van der Waals surface area contributed by atoms with Crippen molar-refractivity contribution in [2.24, 2.45) is 5.92 Å². The molecule has 0 amide bonds. The van der Waals surface area contributed by atoms with Crippen LogP contribution in [0.5, 0.6) is 0 Å². The van der Waals surface area contributed by atoms with Gasteiger partial charge < -0.3 is 9.47 Å². The zero-order valence-corrected chi connectivity index (χ0v) is 11.5. The molecule has 0 aromatic rings. The van der Waals surface area contributed by atoms with Gasteiger partial charge in [0.1, 0.15) is 0 Å². The summed E-state index contributed by atoms with van der Waals surface area (Å²) in [5, 5.41) is 0. The molecule has 2 aliphatic rings. The van der Waals surface area contributed by atoms with Crippen LogP contribution in [-0.4, -0.2) is 32.9 Å². The molecule has 1 aliphatic carbocycles. The smallest absolute Gasteiger partial charge is 0.309 e. The number of epoxide rings is 1. The molecule has 0 radical (unpaired) electrons. The van der Waals surface area contributed by atoms with Crippen LogP contribution < -0.4 is 0 Å². The molecular weight excluding hydrogens is 220 g/mol. The summed E-state index contributed by atoms with van der Waals surface area (Å²) < 4.78 is 10.8. The third kappa shape index (κ3) is 3.32. The lowest BCUT2D eigenvalue weighted by Gasteiger charge is -2.19. The summed E-state index contributed by atoms with van der Waals surface area (Å²) in [5.74, 6) is 0.109. The van der Waals surface area contributed by atoms with Gasteiger partial charge in [0.15, 0.2) is 0 Å². The fraction of sp³-hybridized carbons (Fsp3) is 0.917. The lowest BCUT2D eigenvalue weighted by atomic mass is 9.89. The highest BCUT2D eigenvalue weighted by Crippen LogP contribution is 2.39. The number of rotatable bonds is 4. The van der Waals surface area contributed by atoms with E-state index in [2.05, 4.69) is 19.6 Å². The normalized spacial score (nSPS) is 33.1. The second kappa shape index (κ2) is 4.49. The topological polar surface area (TPSA) is 38.8 Å². The van der Waals surface area contributed by atoms with Crippen LogP contribution in [0.15, 0.2) is 0 Å². The molecule has 0 aromatic heterocycles. The molecule has 1 saturated carbocycles. The van der Waals surface area contributed by atoms with Crippen molar-refractivity contribution in [3.05, 3.63) is 0 Å². The second-order valence-corrected chi connectivity index (χ2v) is 11.8. The van der Waals surface area contributed by atoms with Crippen molar-refractivity contribution in [2.45, 2.75) is 57.2 Å². The Morgan fingerprint density at radius 2 is 2.06 bits per heavy atom. The van der Waals surface area contributed by atoms with Crippen LogP contribution in [0.1, 0.15) is 19.3 Å². The SMILES string of the molecule is C[Si](C)(C)CCOC(=O)C1CCC2OC2C1. The van der Waals surface area contributed by atoms with E-state index in [0.29, 0.717) is 18.8 Å². The third-order valence-corrected chi connectivity index (χ3v) is 5.14. The molecule has 3 unspecified atom stereocenters. The van der Waals surface area contributed by atoms with E-state index in [1.54, 1.807) is 0 Å². The Hall–Kier alpha value is -0.353. The average molecular weight is 242 g/mol. The number of carbonyl (C=O) groups excluding carboxylic acids is 1. The maximum absolute atomic E-state index is 11.8. The van der Waals surface area contributed by atoms with Gasteiger partial charge >= 0.3 is 5.97 Å². The molecule has 4 heteroatoms. The maximum Gasteiger partial charge on any atom is 0.309 e. The highest BCUT2D eigenvalue weighted by Gasteiger charge is 2.46. The van der Waals surface area contributed by atoms with Gasteiger partial charge in [0.25, 0.3) is 0 Å². The standard InChI is InChI=1S/C12H22O3Si/c1-16(2,3)7-6-14-12(13)9-4-5-10-11(8-9)15-10/h9-11H,4-8H2,1-3H3. The monoisotopic (exact) mass is 242 g/mol. The Morgan fingerprint density at radius 1 is 1.31 bits per heavy atom. The first kappa shape index (κ1) is 12.1. The van der Waals surface area contributed by atoms with Gasteiger partial charge in [-0.15, -0.1) is 0 Å². The Balaban J connectivity index is 1.67. The van der Waals surface area contributed by atoms with Crippen molar-refractivity contribution >= 4 is 14.0 Å². The molecule has 3 atom stereocenters. The van der Waals surface area contributed by atoms with E-state index in [9.17, 15) is 4.79 Å². The summed E-state index contributed by atoms with van der Waals surface area (Å²) in [7, 11) is -1.08. The Morgan fingerprint density at radius 3 is 2.69 bits per heavy atom. The molecule has 16 heavy (non-hydrogen) atoms. The van der Waals surface area contributed by atoms with E-state index < -0.39 is 8.07 Å². The maximum atomic E-state index is 11.8. The predicted octanol–water partition coefficient (Wildman–Crippen LogP) is 2.44. The first-order valence-corrected chi connectivity index (χ1v) is 9.98. The minimum Gasteiger partial charge on any atom is -0.466 e. The molecule has 2 rings (SSSR count). The average Bonchev–Trinajstić information content (AvgIpc) is 2.92. The highest BCUT2D eigenvalue weighted by atomic mass is 28.3. The molecule has 1 aliphatic heterocycles. The van der Waals surface area contributed by atoms with Crippen LogP contribution in [-0.2, 0) is 14.3 Å². The highest BCUT2D eigenvalue weighted by molar-refractivity contribution is 6.76. The van der Waals surface area contributed by atoms with Crippen molar-refractivity contribution in [3.63, 3.8) is 0 Å². The molecular formula is C12H22O3Si. The zero-order valence-electron chi connectivity index (χ0n) is 10.5. The first-order valence-electron chi connectivity index (χ1n) is 6.28. The Labute approximate surface area is 98.5 Å². The number of esters is 1. The summed E-state index contributed by atoms with van der Waals surface area (Å²) in [6, 6.07) is 1.06. The van der Waals surface area contributed by atoms with E-state index >= 15 is 0 Å². The van der Waals surface area contributed by atoms with Crippen LogP contribution in [0.25, 0.3) is 0 Å². The predicted molar refractivity (Wildman–Crippen MR) is 65.1 cm³/mol. The van der Waals surface area contributed by atoms with Crippen molar-refractivity contribution < 1.29 is 14.3 Å². The largest absolute Gasteiger partial charge is 0.466 e. The fourth-order valence-corrected chi connectivity index (χ4v) is 2.91. The van der Waals surface area contributed by atoms with Crippen LogP contribution in [0.3, 0.4) is 0 Å². The number of hydrogen-bond acceptors (Lipinski definition) is 3. The molecule has 0 bridgehead atoms. The van der Waals surface area contributed by atoms with Gasteiger partial charge in [-0.25, -0.2) is 0 Å². The molecule has 92 valence electrons.